The van der Waals surface area contributed by atoms with Crippen molar-refractivity contribution in [3.63, 3.8) is 0 Å². The minimum Gasteiger partial charge on any atom is -0.393 e. The fraction of sp³-hybridized carbons (Fsp3) is 0.917. The van der Waals surface area contributed by atoms with Crippen LogP contribution in [0.4, 0.5) is 0 Å². The summed E-state index contributed by atoms with van der Waals surface area (Å²) >= 11 is 0. The molecule has 2 unspecified atom stereocenters. The van der Waals surface area contributed by atoms with Crippen LogP contribution in [0.3, 0.4) is 0 Å². The lowest BCUT2D eigenvalue weighted by atomic mass is 9.87. The lowest BCUT2D eigenvalue weighted by molar-refractivity contribution is -0.126. The number of carbonyl (C=O) groups is 1. The Bertz CT molecular complexity index is 241. The van der Waals surface area contributed by atoms with Gasteiger partial charge in [0.15, 0.2) is 0 Å². The van der Waals surface area contributed by atoms with Crippen LogP contribution < -0.4 is 10.6 Å². The quantitative estimate of drug-likeness (QED) is 0.662. The molecule has 1 fully saturated rings. The first-order chi connectivity index (χ1) is 7.45. The van der Waals surface area contributed by atoms with Gasteiger partial charge in [-0.2, -0.15) is 0 Å². The van der Waals surface area contributed by atoms with Gasteiger partial charge >= 0.3 is 0 Å². The predicted molar refractivity (Wildman–Crippen MR) is 64.1 cm³/mol. The number of aliphatic hydroxyl groups is 1. The molecule has 1 saturated carbocycles. The van der Waals surface area contributed by atoms with E-state index in [0.29, 0.717) is 12.5 Å². The molecule has 4 heteroatoms. The van der Waals surface area contributed by atoms with Crippen LogP contribution in [0, 0.1) is 5.92 Å². The summed E-state index contributed by atoms with van der Waals surface area (Å²) < 4.78 is 0. The molecule has 1 aliphatic rings. The van der Waals surface area contributed by atoms with E-state index < -0.39 is 5.54 Å². The molecule has 1 aliphatic carbocycles. The van der Waals surface area contributed by atoms with Crippen LogP contribution in [-0.4, -0.2) is 36.2 Å². The summed E-state index contributed by atoms with van der Waals surface area (Å²) in [6.07, 6.45) is 3.73. The normalized spacial score (nSPS) is 26.5. The Morgan fingerprint density at radius 3 is 2.69 bits per heavy atom. The molecule has 1 amide bonds. The van der Waals surface area contributed by atoms with Gasteiger partial charge in [0.05, 0.1) is 11.6 Å². The van der Waals surface area contributed by atoms with Crippen molar-refractivity contribution in [1.29, 1.82) is 0 Å². The van der Waals surface area contributed by atoms with Crippen molar-refractivity contribution in [2.45, 2.75) is 51.2 Å². The highest BCUT2D eigenvalue weighted by atomic mass is 16.3. The zero-order chi connectivity index (χ0) is 12.2. The van der Waals surface area contributed by atoms with E-state index >= 15 is 0 Å². The van der Waals surface area contributed by atoms with Crippen LogP contribution in [0.2, 0.25) is 0 Å². The number of hydrogen-bond donors (Lipinski definition) is 3. The molecule has 0 spiro atoms. The Hall–Kier alpha value is -0.610. The number of carbonyl (C=O) groups excluding carboxylic acids is 1. The van der Waals surface area contributed by atoms with Crippen LogP contribution in [0.1, 0.15) is 39.5 Å². The molecule has 94 valence electrons. The van der Waals surface area contributed by atoms with Gasteiger partial charge in [-0.15, -0.1) is 0 Å². The Morgan fingerprint density at radius 1 is 1.44 bits per heavy atom. The fourth-order valence-electron chi connectivity index (χ4n) is 2.02. The van der Waals surface area contributed by atoms with Crippen LogP contribution in [0.15, 0.2) is 0 Å². The smallest absolute Gasteiger partial charge is 0.239 e. The number of amides is 1. The first-order valence-electron chi connectivity index (χ1n) is 6.11. The lowest BCUT2D eigenvalue weighted by Crippen LogP contribution is -2.52. The van der Waals surface area contributed by atoms with Crippen LogP contribution >= 0.6 is 0 Å². The van der Waals surface area contributed by atoms with Crippen molar-refractivity contribution >= 4 is 5.91 Å². The van der Waals surface area contributed by atoms with Crippen LogP contribution in [0.5, 0.6) is 0 Å². The van der Waals surface area contributed by atoms with Crippen molar-refractivity contribution in [2.24, 2.45) is 5.92 Å². The van der Waals surface area contributed by atoms with E-state index in [0.717, 1.165) is 25.7 Å². The van der Waals surface area contributed by atoms with Crippen molar-refractivity contribution in [2.75, 3.05) is 13.6 Å². The molecule has 0 bridgehead atoms. The molecule has 3 N–H and O–H groups in total. The van der Waals surface area contributed by atoms with Gasteiger partial charge in [-0.1, -0.05) is 6.42 Å². The fourth-order valence-corrected chi connectivity index (χ4v) is 2.02. The van der Waals surface area contributed by atoms with Crippen LogP contribution in [0.25, 0.3) is 0 Å². The molecule has 2 atom stereocenters. The second-order valence-corrected chi connectivity index (χ2v) is 5.27. The third-order valence-corrected chi connectivity index (χ3v) is 3.50. The standard InChI is InChI=1S/C12H24N2O2/c1-12(2,13-3)11(16)14-8-9-5-4-6-10(15)7-9/h9-10,13,15H,4-8H2,1-3H3,(H,14,16). The molecule has 16 heavy (non-hydrogen) atoms. The summed E-state index contributed by atoms with van der Waals surface area (Å²) in [5.74, 6) is 0.454. The molecule has 4 nitrogen and oxygen atoms in total. The van der Waals surface area contributed by atoms with Crippen molar-refractivity contribution in [3.05, 3.63) is 0 Å². The van der Waals surface area contributed by atoms with Gasteiger partial charge in [0, 0.05) is 6.54 Å². The highest BCUT2D eigenvalue weighted by Crippen LogP contribution is 2.23. The molecule has 0 aromatic rings. The van der Waals surface area contributed by atoms with Gasteiger partial charge < -0.3 is 15.7 Å². The third-order valence-electron chi connectivity index (χ3n) is 3.50. The maximum Gasteiger partial charge on any atom is 0.239 e. The van der Waals surface area contributed by atoms with E-state index in [2.05, 4.69) is 10.6 Å². The summed E-state index contributed by atoms with van der Waals surface area (Å²) in [6, 6.07) is 0. The highest BCUT2D eigenvalue weighted by Gasteiger charge is 2.26. The Morgan fingerprint density at radius 2 is 2.12 bits per heavy atom. The maximum absolute atomic E-state index is 11.8. The van der Waals surface area contributed by atoms with Crippen molar-refractivity contribution in [3.8, 4) is 0 Å². The predicted octanol–water partition coefficient (Wildman–Crippen LogP) is 0.652. The summed E-state index contributed by atoms with van der Waals surface area (Å²) in [6.45, 7) is 4.40. The number of hydrogen-bond acceptors (Lipinski definition) is 3. The minimum atomic E-state index is -0.521. The van der Waals surface area contributed by atoms with E-state index in [1.165, 1.54) is 0 Å². The summed E-state index contributed by atoms with van der Waals surface area (Å²) in [7, 11) is 1.78. The van der Waals surface area contributed by atoms with Gasteiger partial charge in [0.2, 0.25) is 5.91 Å². The number of likely N-dealkylation sites (N-methyl/N-ethyl adjacent to an activating group) is 1. The number of nitrogens with one attached hydrogen (secondary N) is 2. The third kappa shape index (κ3) is 3.76. The second-order valence-electron chi connectivity index (χ2n) is 5.27. The second kappa shape index (κ2) is 5.64. The monoisotopic (exact) mass is 228 g/mol. The van der Waals surface area contributed by atoms with E-state index in [1.54, 1.807) is 7.05 Å². The van der Waals surface area contributed by atoms with Gasteiger partial charge in [-0.3, -0.25) is 4.79 Å². The molecule has 0 radical (unpaired) electrons. The topological polar surface area (TPSA) is 61.4 Å². The van der Waals surface area contributed by atoms with Gasteiger partial charge in [-0.25, -0.2) is 0 Å². The maximum atomic E-state index is 11.8. The molecule has 0 saturated heterocycles. The van der Waals surface area contributed by atoms with E-state index in [4.69, 9.17) is 0 Å². The van der Waals surface area contributed by atoms with Crippen molar-refractivity contribution < 1.29 is 9.90 Å². The van der Waals surface area contributed by atoms with E-state index in [1.807, 2.05) is 13.8 Å². The van der Waals surface area contributed by atoms with Crippen LogP contribution in [-0.2, 0) is 4.79 Å². The van der Waals surface area contributed by atoms with E-state index in [-0.39, 0.29) is 12.0 Å². The first kappa shape index (κ1) is 13.5. The largest absolute Gasteiger partial charge is 0.393 e. The van der Waals surface area contributed by atoms with Gasteiger partial charge in [0.25, 0.3) is 0 Å². The van der Waals surface area contributed by atoms with Gasteiger partial charge in [0.1, 0.15) is 0 Å². The number of aliphatic hydroxyl groups excluding tert-OH is 1. The molecule has 0 aromatic heterocycles. The molecule has 1 rings (SSSR count). The average molecular weight is 228 g/mol. The Labute approximate surface area is 97.8 Å². The summed E-state index contributed by atoms with van der Waals surface area (Å²) in [5.41, 5.74) is -0.521. The highest BCUT2D eigenvalue weighted by molar-refractivity contribution is 5.85. The molecule has 0 aromatic carbocycles. The first-order valence-corrected chi connectivity index (χ1v) is 6.11. The average Bonchev–Trinajstić information content (AvgIpc) is 2.26. The lowest BCUT2D eigenvalue weighted by Gasteiger charge is -2.28. The zero-order valence-corrected chi connectivity index (χ0v) is 10.5. The summed E-state index contributed by atoms with van der Waals surface area (Å²) in [5, 5.41) is 15.5. The SMILES string of the molecule is CNC(C)(C)C(=O)NCC1CCCC(O)C1. The molecule has 0 heterocycles. The zero-order valence-electron chi connectivity index (χ0n) is 10.5. The summed E-state index contributed by atoms with van der Waals surface area (Å²) in [4.78, 5) is 11.8. The van der Waals surface area contributed by atoms with Crippen molar-refractivity contribution in [1.82, 2.24) is 10.6 Å². The number of rotatable bonds is 4. The van der Waals surface area contributed by atoms with E-state index in [9.17, 15) is 9.90 Å². The van der Waals surface area contributed by atoms with Gasteiger partial charge in [-0.05, 0) is 46.1 Å². The Balaban J connectivity index is 2.31. The molecular weight excluding hydrogens is 204 g/mol. The minimum absolute atomic E-state index is 0.0232. The molecular formula is C12H24N2O2. The molecule has 0 aliphatic heterocycles. The Kier molecular flexibility index (Phi) is 4.74.